The summed E-state index contributed by atoms with van der Waals surface area (Å²) in [6.07, 6.45) is 0.693. The second-order valence-corrected chi connectivity index (χ2v) is 5.43. The van der Waals surface area contributed by atoms with Gasteiger partial charge in [-0.25, -0.2) is 4.90 Å². The predicted molar refractivity (Wildman–Crippen MR) is 82.0 cm³/mol. The van der Waals surface area contributed by atoms with Gasteiger partial charge in [-0.1, -0.05) is 24.3 Å². The molecule has 1 aliphatic heterocycles. The lowest BCUT2D eigenvalue weighted by atomic mass is 10.1. The molecular formula is C16H10BrNO4. The number of amides is 2. The van der Waals surface area contributed by atoms with E-state index in [1.165, 1.54) is 0 Å². The maximum atomic E-state index is 12.2. The second kappa shape index (κ2) is 5.73. The Kier molecular flexibility index (Phi) is 3.77. The van der Waals surface area contributed by atoms with Crippen LogP contribution in [-0.2, 0) is 0 Å². The van der Waals surface area contributed by atoms with E-state index in [9.17, 15) is 14.4 Å². The molecular weight excluding hydrogens is 350 g/mol. The lowest BCUT2D eigenvalue weighted by Crippen LogP contribution is -2.33. The summed E-state index contributed by atoms with van der Waals surface area (Å²) in [5, 5.41) is 0. The van der Waals surface area contributed by atoms with Crippen LogP contribution in [0, 0.1) is 0 Å². The van der Waals surface area contributed by atoms with E-state index in [1.54, 1.807) is 42.5 Å². The molecule has 0 aromatic heterocycles. The fourth-order valence-electron chi connectivity index (χ4n) is 2.22. The highest BCUT2D eigenvalue weighted by molar-refractivity contribution is 9.10. The maximum Gasteiger partial charge on any atom is 0.264 e. The molecule has 0 unspecified atom stereocenters. The van der Waals surface area contributed by atoms with Crippen LogP contribution in [0.25, 0.3) is 0 Å². The molecule has 1 heterocycles. The van der Waals surface area contributed by atoms with Crippen LogP contribution in [0.1, 0.15) is 31.1 Å². The molecule has 3 rings (SSSR count). The van der Waals surface area contributed by atoms with Gasteiger partial charge in [-0.2, -0.15) is 0 Å². The average molecular weight is 360 g/mol. The highest BCUT2D eigenvalue weighted by atomic mass is 79.9. The molecule has 5 nitrogen and oxygen atoms in total. The molecule has 0 aliphatic carbocycles. The summed E-state index contributed by atoms with van der Waals surface area (Å²) >= 11 is 3.26. The molecule has 0 radical (unpaired) electrons. The Morgan fingerprint density at radius 2 is 1.64 bits per heavy atom. The number of carbonyl (C=O) groups is 3. The fraction of sp³-hybridized carbons (Fsp3) is 0.0625. The first-order chi connectivity index (χ1) is 10.6. The van der Waals surface area contributed by atoms with Crippen molar-refractivity contribution in [3.8, 4) is 5.75 Å². The monoisotopic (exact) mass is 359 g/mol. The first kappa shape index (κ1) is 14.5. The largest absolute Gasteiger partial charge is 0.471 e. The van der Waals surface area contributed by atoms with Crippen LogP contribution in [0.15, 0.2) is 46.9 Å². The number of hydrogen-bond donors (Lipinski definition) is 0. The van der Waals surface area contributed by atoms with Gasteiger partial charge in [0.1, 0.15) is 5.75 Å². The third-order valence-electron chi connectivity index (χ3n) is 3.35. The van der Waals surface area contributed by atoms with Crippen molar-refractivity contribution in [1.82, 2.24) is 4.90 Å². The Hall–Kier alpha value is -2.47. The number of hydrogen-bond acceptors (Lipinski definition) is 4. The van der Waals surface area contributed by atoms with Crippen molar-refractivity contribution in [2.24, 2.45) is 0 Å². The summed E-state index contributed by atoms with van der Waals surface area (Å²) < 4.78 is 6.00. The quantitative estimate of drug-likeness (QED) is 0.621. The number of carbonyl (C=O) groups excluding carboxylic acids is 3. The molecule has 0 saturated heterocycles. The van der Waals surface area contributed by atoms with Crippen LogP contribution in [0.3, 0.4) is 0 Å². The number of fused-ring (bicyclic) bond motifs is 1. The van der Waals surface area contributed by atoms with Gasteiger partial charge >= 0.3 is 0 Å². The minimum atomic E-state index is -0.386. The molecule has 0 N–H and O–H groups in total. The lowest BCUT2D eigenvalue weighted by molar-refractivity contribution is 0.0521. The van der Waals surface area contributed by atoms with Gasteiger partial charge in [-0.05, 0) is 34.1 Å². The van der Waals surface area contributed by atoms with Crippen molar-refractivity contribution in [2.45, 2.75) is 0 Å². The van der Waals surface area contributed by atoms with Crippen LogP contribution < -0.4 is 4.74 Å². The third kappa shape index (κ3) is 2.31. The summed E-state index contributed by atoms with van der Waals surface area (Å²) in [5.41, 5.74) is 1.17. The Morgan fingerprint density at radius 3 is 2.23 bits per heavy atom. The molecule has 2 aromatic rings. The molecule has 0 bridgehead atoms. The molecule has 2 aromatic carbocycles. The molecule has 22 heavy (non-hydrogen) atoms. The first-order valence-corrected chi connectivity index (χ1v) is 7.24. The van der Waals surface area contributed by atoms with E-state index in [2.05, 4.69) is 15.9 Å². The number of aldehydes is 1. The molecule has 0 spiro atoms. The number of benzene rings is 2. The third-order valence-corrected chi connectivity index (χ3v) is 4.20. The number of nitrogens with zero attached hydrogens (tertiary/aromatic N) is 1. The lowest BCUT2D eigenvalue weighted by Gasteiger charge is -2.16. The summed E-state index contributed by atoms with van der Waals surface area (Å²) in [6.45, 7) is -0.215. The zero-order valence-corrected chi connectivity index (χ0v) is 12.9. The zero-order chi connectivity index (χ0) is 15.7. The summed E-state index contributed by atoms with van der Waals surface area (Å²) in [5.74, 6) is -0.382. The van der Waals surface area contributed by atoms with Crippen molar-refractivity contribution in [1.29, 1.82) is 0 Å². The van der Waals surface area contributed by atoms with Crippen LogP contribution in [-0.4, -0.2) is 29.7 Å². The summed E-state index contributed by atoms with van der Waals surface area (Å²) in [7, 11) is 0. The maximum absolute atomic E-state index is 12.2. The number of imide groups is 1. The topological polar surface area (TPSA) is 63.7 Å². The van der Waals surface area contributed by atoms with E-state index in [4.69, 9.17) is 4.74 Å². The van der Waals surface area contributed by atoms with E-state index in [1.807, 2.05) is 0 Å². The highest BCUT2D eigenvalue weighted by Gasteiger charge is 2.35. The SMILES string of the molecule is O=Cc1cccc(OCN2C(=O)c3ccccc3C2=O)c1Br. The summed E-state index contributed by atoms with van der Waals surface area (Å²) in [6, 6.07) is 11.6. The number of ether oxygens (including phenoxy) is 1. The molecule has 0 fully saturated rings. The molecule has 2 amide bonds. The molecule has 110 valence electrons. The van der Waals surface area contributed by atoms with E-state index >= 15 is 0 Å². The van der Waals surface area contributed by atoms with Crippen LogP contribution in [0.4, 0.5) is 0 Å². The molecule has 6 heteroatoms. The van der Waals surface area contributed by atoms with Gasteiger partial charge in [-0.3, -0.25) is 14.4 Å². The minimum Gasteiger partial charge on any atom is -0.471 e. The Labute approximate surface area is 134 Å². The zero-order valence-electron chi connectivity index (χ0n) is 11.3. The highest BCUT2D eigenvalue weighted by Crippen LogP contribution is 2.29. The summed E-state index contributed by atoms with van der Waals surface area (Å²) in [4.78, 5) is 36.3. The first-order valence-electron chi connectivity index (χ1n) is 6.45. The standard InChI is InChI=1S/C16H10BrNO4/c17-14-10(8-19)4-3-7-13(14)22-9-18-15(20)11-5-1-2-6-12(11)16(18)21/h1-8H,9H2. The van der Waals surface area contributed by atoms with Gasteiger partial charge in [0.2, 0.25) is 0 Å². The van der Waals surface area contributed by atoms with E-state index in [0.717, 1.165) is 4.90 Å². The van der Waals surface area contributed by atoms with Gasteiger partial charge in [0, 0.05) is 5.56 Å². The Bertz CT molecular complexity index is 752. The van der Waals surface area contributed by atoms with Crippen molar-refractivity contribution in [3.63, 3.8) is 0 Å². The fourth-order valence-corrected chi connectivity index (χ4v) is 2.69. The van der Waals surface area contributed by atoms with Crippen molar-refractivity contribution in [2.75, 3.05) is 6.73 Å². The van der Waals surface area contributed by atoms with Gasteiger partial charge in [0.05, 0.1) is 15.6 Å². The van der Waals surface area contributed by atoms with Gasteiger partial charge < -0.3 is 4.74 Å². The van der Waals surface area contributed by atoms with Crippen LogP contribution >= 0.6 is 15.9 Å². The van der Waals surface area contributed by atoms with Gasteiger partial charge in [0.25, 0.3) is 11.8 Å². The Morgan fingerprint density at radius 1 is 1.00 bits per heavy atom. The van der Waals surface area contributed by atoms with E-state index in [-0.39, 0.29) is 18.5 Å². The van der Waals surface area contributed by atoms with Crippen molar-refractivity contribution >= 4 is 34.0 Å². The van der Waals surface area contributed by atoms with Crippen LogP contribution in [0.5, 0.6) is 5.75 Å². The Balaban J connectivity index is 1.80. The molecule has 0 atom stereocenters. The predicted octanol–water partition coefficient (Wildman–Crippen LogP) is 2.89. The van der Waals surface area contributed by atoms with Crippen molar-refractivity contribution < 1.29 is 19.1 Å². The molecule has 0 saturated carbocycles. The normalized spacial score (nSPS) is 13.2. The van der Waals surface area contributed by atoms with Crippen LogP contribution in [0.2, 0.25) is 0 Å². The van der Waals surface area contributed by atoms with Gasteiger partial charge in [-0.15, -0.1) is 0 Å². The van der Waals surface area contributed by atoms with E-state index < -0.39 is 0 Å². The van der Waals surface area contributed by atoms with Gasteiger partial charge in [0.15, 0.2) is 13.0 Å². The molecule has 1 aliphatic rings. The smallest absolute Gasteiger partial charge is 0.264 e. The second-order valence-electron chi connectivity index (χ2n) is 4.63. The number of rotatable bonds is 4. The number of halogens is 1. The van der Waals surface area contributed by atoms with E-state index in [0.29, 0.717) is 33.2 Å². The van der Waals surface area contributed by atoms with Crippen molar-refractivity contribution in [3.05, 3.63) is 63.6 Å². The average Bonchev–Trinajstić information content (AvgIpc) is 2.79. The minimum absolute atomic E-state index is 0.215.